The minimum atomic E-state index is -0.110. The molecular weight excluding hydrogens is 336 g/mol. The number of carbonyl (C=O) groups is 1. The Kier molecular flexibility index (Phi) is 5.56. The van der Waals surface area contributed by atoms with Crippen LogP contribution in [0.2, 0.25) is 5.02 Å². The first-order valence-electron chi connectivity index (χ1n) is 5.32. The molecule has 98 valence electrons. The van der Waals surface area contributed by atoms with Crippen LogP contribution < -0.4 is 5.73 Å². The Morgan fingerprint density at radius 3 is 2.67 bits per heavy atom. The molecule has 0 aliphatic rings. The summed E-state index contributed by atoms with van der Waals surface area (Å²) in [5.41, 5.74) is 6.07. The summed E-state index contributed by atoms with van der Waals surface area (Å²) in [5, 5.41) is 0.517. The minimum Gasteiger partial charge on any atom is -0.393 e. The van der Waals surface area contributed by atoms with Gasteiger partial charge in [-0.3, -0.25) is 4.79 Å². The molecule has 2 N–H and O–H groups in total. The second-order valence-corrected chi connectivity index (χ2v) is 5.97. The van der Waals surface area contributed by atoms with E-state index in [1.807, 2.05) is 6.92 Å². The Bertz CT molecular complexity index is 461. The molecule has 1 aromatic rings. The highest BCUT2D eigenvalue weighted by atomic mass is 79.9. The van der Waals surface area contributed by atoms with Gasteiger partial charge in [0.1, 0.15) is 0 Å². The lowest BCUT2D eigenvalue weighted by atomic mass is 10.1. The normalized spacial score (nSPS) is 12.0. The van der Waals surface area contributed by atoms with Gasteiger partial charge in [-0.25, -0.2) is 0 Å². The van der Waals surface area contributed by atoms with Crippen molar-refractivity contribution in [1.29, 1.82) is 0 Å². The molecular formula is C12H14BrClN2OS. The number of nitrogens with zero attached hydrogens (tertiary/aromatic N) is 1. The summed E-state index contributed by atoms with van der Waals surface area (Å²) >= 11 is 14.1. The standard InChI is InChI=1S/C12H14BrClN2OS/c1-7(11(15)18)6-16(2)12(17)8-3-9(13)5-10(14)4-8/h3-5,7H,6H2,1-2H3,(H2,15,18). The molecule has 0 aliphatic heterocycles. The third kappa shape index (κ3) is 4.23. The molecule has 0 saturated heterocycles. The lowest BCUT2D eigenvalue weighted by molar-refractivity contribution is 0.0787. The molecule has 0 fully saturated rings. The van der Waals surface area contributed by atoms with Crippen LogP contribution in [0.3, 0.4) is 0 Å². The molecule has 0 bridgehead atoms. The van der Waals surface area contributed by atoms with E-state index < -0.39 is 0 Å². The van der Waals surface area contributed by atoms with E-state index in [0.29, 0.717) is 22.1 Å². The van der Waals surface area contributed by atoms with Crippen LogP contribution in [-0.2, 0) is 0 Å². The third-order valence-corrected chi connectivity index (χ3v) is 3.57. The summed E-state index contributed by atoms with van der Waals surface area (Å²) in [6.45, 7) is 2.37. The van der Waals surface area contributed by atoms with Crippen molar-refractivity contribution >= 4 is 50.6 Å². The molecule has 3 nitrogen and oxygen atoms in total. The number of thiocarbonyl (C=S) groups is 1. The fraction of sp³-hybridized carbons (Fsp3) is 0.333. The van der Waals surface area contributed by atoms with Crippen molar-refractivity contribution in [2.75, 3.05) is 13.6 Å². The van der Waals surface area contributed by atoms with E-state index in [9.17, 15) is 4.79 Å². The number of rotatable bonds is 4. The molecule has 1 aromatic carbocycles. The summed E-state index contributed by atoms with van der Waals surface area (Å²) in [6.07, 6.45) is 0. The Labute approximate surface area is 125 Å². The predicted molar refractivity (Wildman–Crippen MR) is 82.1 cm³/mol. The van der Waals surface area contributed by atoms with Gasteiger partial charge in [0.2, 0.25) is 0 Å². The van der Waals surface area contributed by atoms with Crippen molar-refractivity contribution in [3.8, 4) is 0 Å². The molecule has 18 heavy (non-hydrogen) atoms. The van der Waals surface area contributed by atoms with Crippen molar-refractivity contribution in [3.05, 3.63) is 33.3 Å². The fourth-order valence-electron chi connectivity index (χ4n) is 1.48. The van der Waals surface area contributed by atoms with Gasteiger partial charge in [-0.15, -0.1) is 0 Å². The monoisotopic (exact) mass is 348 g/mol. The topological polar surface area (TPSA) is 46.3 Å². The Hall–Kier alpha value is -0.650. The second-order valence-electron chi connectivity index (χ2n) is 4.15. The number of nitrogens with two attached hydrogens (primary N) is 1. The number of carbonyl (C=O) groups excluding carboxylic acids is 1. The van der Waals surface area contributed by atoms with E-state index in [0.717, 1.165) is 4.47 Å². The van der Waals surface area contributed by atoms with E-state index in [4.69, 9.17) is 29.6 Å². The minimum absolute atomic E-state index is 0.0171. The molecule has 1 atom stereocenters. The first kappa shape index (κ1) is 15.4. The van der Waals surface area contributed by atoms with Crippen molar-refractivity contribution in [2.24, 2.45) is 11.7 Å². The Morgan fingerprint density at radius 2 is 2.17 bits per heavy atom. The Balaban J connectivity index is 2.83. The van der Waals surface area contributed by atoms with Gasteiger partial charge in [0.25, 0.3) is 5.91 Å². The number of amides is 1. The zero-order chi connectivity index (χ0) is 13.9. The van der Waals surface area contributed by atoms with Crippen molar-refractivity contribution in [1.82, 2.24) is 4.90 Å². The van der Waals surface area contributed by atoms with Crippen molar-refractivity contribution in [3.63, 3.8) is 0 Å². The first-order chi connectivity index (χ1) is 8.31. The Morgan fingerprint density at radius 1 is 1.56 bits per heavy atom. The van der Waals surface area contributed by atoms with Crippen LogP contribution in [0, 0.1) is 5.92 Å². The lowest BCUT2D eigenvalue weighted by Gasteiger charge is -2.21. The molecule has 0 heterocycles. The van der Waals surface area contributed by atoms with Gasteiger partial charge in [-0.05, 0) is 18.2 Å². The van der Waals surface area contributed by atoms with E-state index in [1.54, 1.807) is 30.1 Å². The highest BCUT2D eigenvalue weighted by Crippen LogP contribution is 2.20. The van der Waals surface area contributed by atoms with E-state index in [2.05, 4.69) is 15.9 Å². The maximum Gasteiger partial charge on any atom is 0.253 e. The summed E-state index contributed by atoms with van der Waals surface area (Å²) in [5.74, 6) is -0.127. The predicted octanol–water partition coefficient (Wildman–Crippen LogP) is 3.10. The number of hydrogen-bond acceptors (Lipinski definition) is 2. The molecule has 6 heteroatoms. The van der Waals surface area contributed by atoms with Crippen LogP contribution in [0.1, 0.15) is 17.3 Å². The molecule has 0 spiro atoms. The van der Waals surface area contributed by atoms with Gasteiger partial charge in [0, 0.05) is 34.6 Å². The molecule has 0 radical (unpaired) electrons. The van der Waals surface area contributed by atoms with E-state index in [1.165, 1.54) is 0 Å². The van der Waals surface area contributed by atoms with Crippen molar-refractivity contribution in [2.45, 2.75) is 6.92 Å². The quantitative estimate of drug-likeness (QED) is 0.850. The highest BCUT2D eigenvalue weighted by Gasteiger charge is 2.16. The maximum atomic E-state index is 12.2. The third-order valence-electron chi connectivity index (χ3n) is 2.49. The van der Waals surface area contributed by atoms with E-state index >= 15 is 0 Å². The van der Waals surface area contributed by atoms with Crippen LogP contribution in [0.15, 0.2) is 22.7 Å². The molecule has 0 aromatic heterocycles. The van der Waals surface area contributed by atoms with Crippen LogP contribution in [0.25, 0.3) is 0 Å². The molecule has 1 amide bonds. The van der Waals surface area contributed by atoms with Crippen LogP contribution >= 0.6 is 39.7 Å². The summed E-state index contributed by atoms with van der Waals surface area (Å²) < 4.78 is 0.772. The van der Waals surface area contributed by atoms with Gasteiger partial charge in [-0.1, -0.05) is 46.7 Å². The smallest absolute Gasteiger partial charge is 0.253 e. The summed E-state index contributed by atoms with van der Waals surface area (Å²) in [6, 6.07) is 5.10. The molecule has 1 unspecified atom stereocenters. The van der Waals surface area contributed by atoms with Gasteiger partial charge >= 0.3 is 0 Å². The number of halogens is 2. The second kappa shape index (κ2) is 6.50. The largest absolute Gasteiger partial charge is 0.393 e. The lowest BCUT2D eigenvalue weighted by Crippen LogP contribution is -2.35. The molecule has 1 rings (SSSR count). The summed E-state index contributed by atoms with van der Waals surface area (Å²) in [4.78, 5) is 14.2. The van der Waals surface area contributed by atoms with Crippen molar-refractivity contribution < 1.29 is 4.79 Å². The molecule has 0 saturated carbocycles. The van der Waals surface area contributed by atoms with Gasteiger partial charge in [0.15, 0.2) is 0 Å². The van der Waals surface area contributed by atoms with Crippen LogP contribution in [0.5, 0.6) is 0 Å². The van der Waals surface area contributed by atoms with Crippen LogP contribution in [-0.4, -0.2) is 29.4 Å². The highest BCUT2D eigenvalue weighted by molar-refractivity contribution is 9.10. The SMILES string of the molecule is CC(CN(C)C(=O)c1cc(Cl)cc(Br)c1)C(N)=S. The van der Waals surface area contributed by atoms with Gasteiger partial charge < -0.3 is 10.6 Å². The van der Waals surface area contributed by atoms with Gasteiger partial charge in [-0.2, -0.15) is 0 Å². The molecule has 0 aliphatic carbocycles. The zero-order valence-corrected chi connectivity index (χ0v) is 13.3. The first-order valence-corrected chi connectivity index (χ1v) is 6.90. The van der Waals surface area contributed by atoms with E-state index in [-0.39, 0.29) is 11.8 Å². The zero-order valence-electron chi connectivity index (χ0n) is 10.1. The number of benzene rings is 1. The average Bonchev–Trinajstić information content (AvgIpc) is 2.26. The maximum absolute atomic E-state index is 12.2. The van der Waals surface area contributed by atoms with Gasteiger partial charge in [0.05, 0.1) is 4.99 Å². The number of hydrogen-bond donors (Lipinski definition) is 1. The fourth-order valence-corrected chi connectivity index (χ4v) is 2.42. The van der Waals surface area contributed by atoms with Crippen LogP contribution in [0.4, 0.5) is 0 Å². The summed E-state index contributed by atoms with van der Waals surface area (Å²) in [7, 11) is 1.71. The average molecular weight is 350 g/mol.